The highest BCUT2D eigenvalue weighted by atomic mass is 32.1. The van der Waals surface area contributed by atoms with Crippen molar-refractivity contribution >= 4 is 11.3 Å². The number of aromatic nitrogens is 2. The third-order valence-corrected chi connectivity index (χ3v) is 3.98. The van der Waals surface area contributed by atoms with Crippen LogP contribution in [0.25, 0.3) is 0 Å². The minimum Gasteiger partial charge on any atom is -0.329 e. The third-order valence-electron chi connectivity index (χ3n) is 3.12. The van der Waals surface area contributed by atoms with Crippen molar-refractivity contribution in [3.8, 4) is 0 Å². The number of likely N-dealkylation sites (N-methyl/N-ethyl adjacent to an activating group) is 1. The van der Waals surface area contributed by atoms with E-state index >= 15 is 0 Å². The van der Waals surface area contributed by atoms with Gasteiger partial charge in [-0.3, -0.25) is 9.58 Å². The normalized spacial score (nSPS) is 13.1. The van der Waals surface area contributed by atoms with Gasteiger partial charge in [0.1, 0.15) is 0 Å². The van der Waals surface area contributed by atoms with Gasteiger partial charge in [-0.25, -0.2) is 0 Å². The van der Waals surface area contributed by atoms with Crippen molar-refractivity contribution in [1.82, 2.24) is 14.7 Å². The Labute approximate surface area is 112 Å². The second kappa shape index (κ2) is 6.13. The number of thiophene rings is 1. The molecule has 2 aromatic rings. The summed E-state index contributed by atoms with van der Waals surface area (Å²) in [6.07, 6.45) is 3.96. The van der Waals surface area contributed by atoms with Crippen LogP contribution in [0.15, 0.2) is 29.9 Å². The lowest BCUT2D eigenvalue weighted by Crippen LogP contribution is -2.32. The van der Waals surface area contributed by atoms with Gasteiger partial charge in [-0.1, -0.05) is 13.0 Å². The molecule has 98 valence electrons. The Kier molecular flexibility index (Phi) is 4.52. The van der Waals surface area contributed by atoms with Gasteiger partial charge in [0.25, 0.3) is 0 Å². The van der Waals surface area contributed by atoms with E-state index in [2.05, 4.69) is 40.6 Å². The molecule has 0 radical (unpaired) electrons. The highest BCUT2D eigenvalue weighted by molar-refractivity contribution is 7.09. The number of nitrogens with two attached hydrogens (primary N) is 1. The van der Waals surface area contributed by atoms with Crippen molar-refractivity contribution in [2.45, 2.75) is 19.5 Å². The average molecular weight is 264 g/mol. The first-order valence-electron chi connectivity index (χ1n) is 6.19. The van der Waals surface area contributed by atoms with Gasteiger partial charge in [0.15, 0.2) is 0 Å². The van der Waals surface area contributed by atoms with Crippen LogP contribution in [-0.4, -0.2) is 27.8 Å². The summed E-state index contributed by atoms with van der Waals surface area (Å²) < 4.78 is 1.83. The molecular weight excluding hydrogens is 244 g/mol. The Balaban J connectivity index is 2.13. The zero-order valence-corrected chi connectivity index (χ0v) is 11.7. The maximum atomic E-state index is 5.94. The Morgan fingerprint density at radius 1 is 1.56 bits per heavy atom. The van der Waals surface area contributed by atoms with Crippen LogP contribution in [-0.2, 0) is 13.6 Å². The largest absolute Gasteiger partial charge is 0.329 e. The molecule has 1 unspecified atom stereocenters. The summed E-state index contributed by atoms with van der Waals surface area (Å²) in [5, 5.41) is 6.35. The molecule has 2 N–H and O–H groups in total. The van der Waals surface area contributed by atoms with Gasteiger partial charge in [-0.2, -0.15) is 5.10 Å². The molecule has 2 aromatic heterocycles. The van der Waals surface area contributed by atoms with Crippen LogP contribution >= 0.6 is 11.3 Å². The fraction of sp³-hybridized carbons (Fsp3) is 0.462. The lowest BCUT2D eigenvalue weighted by Gasteiger charge is -2.28. The zero-order valence-electron chi connectivity index (χ0n) is 10.9. The van der Waals surface area contributed by atoms with E-state index in [1.54, 1.807) is 11.3 Å². The molecule has 0 spiro atoms. The van der Waals surface area contributed by atoms with E-state index in [0.717, 1.165) is 13.1 Å². The Morgan fingerprint density at radius 2 is 2.39 bits per heavy atom. The predicted octanol–water partition coefficient (Wildman–Crippen LogP) is 2.00. The summed E-state index contributed by atoms with van der Waals surface area (Å²) in [6.45, 7) is 4.72. The first-order valence-corrected chi connectivity index (χ1v) is 7.07. The molecule has 4 nitrogen and oxygen atoms in total. The van der Waals surface area contributed by atoms with Crippen LogP contribution in [0.3, 0.4) is 0 Å². The molecule has 0 saturated heterocycles. The van der Waals surface area contributed by atoms with Gasteiger partial charge < -0.3 is 5.73 Å². The SMILES string of the molecule is CCN(Cc1cccs1)C(CN)c1cnn(C)c1. The minimum atomic E-state index is 0.241. The fourth-order valence-corrected chi connectivity index (χ4v) is 2.88. The van der Waals surface area contributed by atoms with Crippen LogP contribution < -0.4 is 5.73 Å². The molecule has 0 bridgehead atoms. The van der Waals surface area contributed by atoms with E-state index in [9.17, 15) is 0 Å². The van der Waals surface area contributed by atoms with Crippen LogP contribution in [0.5, 0.6) is 0 Å². The van der Waals surface area contributed by atoms with Gasteiger partial charge in [-0.15, -0.1) is 11.3 Å². The molecule has 0 aromatic carbocycles. The van der Waals surface area contributed by atoms with Gasteiger partial charge in [0.2, 0.25) is 0 Å². The molecule has 0 aliphatic rings. The average Bonchev–Trinajstić information content (AvgIpc) is 3.01. The van der Waals surface area contributed by atoms with E-state index < -0.39 is 0 Å². The summed E-state index contributed by atoms with van der Waals surface area (Å²) in [5.74, 6) is 0. The highest BCUT2D eigenvalue weighted by Crippen LogP contribution is 2.22. The van der Waals surface area contributed by atoms with Crippen LogP contribution in [0.2, 0.25) is 0 Å². The molecule has 0 saturated carbocycles. The monoisotopic (exact) mass is 264 g/mol. The van der Waals surface area contributed by atoms with Crippen molar-refractivity contribution in [2.24, 2.45) is 12.8 Å². The van der Waals surface area contributed by atoms with Crippen molar-refractivity contribution in [2.75, 3.05) is 13.1 Å². The fourth-order valence-electron chi connectivity index (χ4n) is 2.15. The van der Waals surface area contributed by atoms with Crippen molar-refractivity contribution in [1.29, 1.82) is 0 Å². The van der Waals surface area contributed by atoms with Crippen LogP contribution in [0.1, 0.15) is 23.4 Å². The maximum absolute atomic E-state index is 5.94. The molecular formula is C13H20N4S. The molecule has 0 aliphatic heterocycles. The Morgan fingerprint density at radius 3 is 2.89 bits per heavy atom. The zero-order chi connectivity index (χ0) is 13.0. The molecule has 0 aliphatic carbocycles. The van der Waals surface area contributed by atoms with Gasteiger partial charge in [0, 0.05) is 36.8 Å². The second-order valence-corrected chi connectivity index (χ2v) is 5.37. The van der Waals surface area contributed by atoms with Crippen molar-refractivity contribution in [3.05, 3.63) is 40.3 Å². The molecule has 18 heavy (non-hydrogen) atoms. The van der Waals surface area contributed by atoms with Crippen molar-refractivity contribution < 1.29 is 0 Å². The van der Waals surface area contributed by atoms with Crippen LogP contribution in [0.4, 0.5) is 0 Å². The topological polar surface area (TPSA) is 47.1 Å². The lowest BCUT2D eigenvalue weighted by atomic mass is 10.1. The molecule has 5 heteroatoms. The summed E-state index contributed by atoms with van der Waals surface area (Å²) in [5.41, 5.74) is 7.14. The predicted molar refractivity (Wildman–Crippen MR) is 75.4 cm³/mol. The highest BCUT2D eigenvalue weighted by Gasteiger charge is 2.19. The van der Waals surface area contributed by atoms with Crippen LogP contribution in [0, 0.1) is 0 Å². The number of hydrogen-bond donors (Lipinski definition) is 1. The summed E-state index contributed by atoms with van der Waals surface area (Å²) in [6, 6.07) is 4.50. The van der Waals surface area contributed by atoms with E-state index in [0.29, 0.717) is 6.54 Å². The smallest absolute Gasteiger partial charge is 0.0538 e. The first kappa shape index (κ1) is 13.3. The molecule has 2 heterocycles. The number of aryl methyl sites for hydroxylation is 1. The van der Waals surface area contributed by atoms with E-state index in [1.165, 1.54) is 10.4 Å². The van der Waals surface area contributed by atoms with E-state index in [-0.39, 0.29) is 6.04 Å². The maximum Gasteiger partial charge on any atom is 0.0538 e. The third kappa shape index (κ3) is 2.98. The standard InChI is InChI=1S/C13H20N4S/c1-3-17(10-12-5-4-6-18-12)13(7-14)11-8-15-16(2)9-11/h4-6,8-9,13H,3,7,10,14H2,1-2H3. The Hall–Kier alpha value is -1.17. The van der Waals surface area contributed by atoms with Gasteiger partial charge in [0.05, 0.1) is 12.2 Å². The number of hydrogen-bond acceptors (Lipinski definition) is 4. The summed E-state index contributed by atoms with van der Waals surface area (Å²) in [4.78, 5) is 3.77. The van der Waals surface area contributed by atoms with E-state index in [4.69, 9.17) is 5.73 Å². The van der Waals surface area contributed by atoms with Gasteiger partial charge >= 0.3 is 0 Å². The number of nitrogens with zero attached hydrogens (tertiary/aromatic N) is 3. The molecule has 0 fully saturated rings. The van der Waals surface area contributed by atoms with Gasteiger partial charge in [-0.05, 0) is 18.0 Å². The Bertz CT molecular complexity index is 463. The summed E-state index contributed by atoms with van der Waals surface area (Å²) in [7, 11) is 1.94. The van der Waals surface area contributed by atoms with Crippen molar-refractivity contribution in [3.63, 3.8) is 0 Å². The van der Waals surface area contributed by atoms with E-state index in [1.807, 2.05) is 17.9 Å². The lowest BCUT2D eigenvalue weighted by molar-refractivity contribution is 0.205. The first-order chi connectivity index (χ1) is 8.74. The molecule has 1 atom stereocenters. The quantitative estimate of drug-likeness (QED) is 0.868. The number of rotatable bonds is 6. The summed E-state index contributed by atoms with van der Waals surface area (Å²) >= 11 is 1.79. The second-order valence-electron chi connectivity index (χ2n) is 4.34. The minimum absolute atomic E-state index is 0.241. The molecule has 2 rings (SSSR count). The molecule has 0 amide bonds.